The highest BCUT2D eigenvalue weighted by Crippen LogP contribution is 2.17. The smallest absolute Gasteiger partial charge is 0.267 e. The van der Waals surface area contributed by atoms with Gasteiger partial charge in [-0.3, -0.25) is 4.79 Å². The number of carbonyl (C=O) groups excluding carboxylic acids is 1. The largest absolute Gasteiger partial charge is 0.364 e. The van der Waals surface area contributed by atoms with Crippen LogP contribution in [0.1, 0.15) is 10.5 Å². The van der Waals surface area contributed by atoms with E-state index in [0.29, 0.717) is 5.82 Å². The molecule has 0 saturated heterocycles. The van der Waals surface area contributed by atoms with Gasteiger partial charge in [0, 0.05) is 23.8 Å². The van der Waals surface area contributed by atoms with Crippen LogP contribution < -0.4 is 11.1 Å². The van der Waals surface area contributed by atoms with E-state index in [9.17, 15) is 4.79 Å². The summed E-state index contributed by atoms with van der Waals surface area (Å²) in [6.07, 6.45) is 5.34. The van der Waals surface area contributed by atoms with Crippen molar-refractivity contribution in [2.24, 2.45) is 5.73 Å². The summed E-state index contributed by atoms with van der Waals surface area (Å²) in [4.78, 5) is 19.3. The topological polar surface area (TPSA) is 85.8 Å². The van der Waals surface area contributed by atoms with E-state index < -0.39 is 5.91 Å². The van der Waals surface area contributed by atoms with Crippen LogP contribution in [-0.2, 0) is 0 Å². The number of carbonyl (C=O) groups is 1. The molecule has 0 aliphatic rings. The number of benzene rings is 1. The molecule has 6 heteroatoms. The Hall–Kier alpha value is -3.15. The zero-order valence-electron chi connectivity index (χ0n) is 11.1. The van der Waals surface area contributed by atoms with Crippen molar-refractivity contribution < 1.29 is 4.79 Å². The Morgan fingerprint density at radius 1 is 1.14 bits per heavy atom. The van der Waals surface area contributed by atoms with Crippen molar-refractivity contribution in [2.75, 3.05) is 5.32 Å². The number of nitrogens with two attached hydrogens (primary N) is 1. The number of nitrogens with zero attached hydrogens (tertiary/aromatic N) is 3. The SMILES string of the molecule is NC(=O)c1cccc(Nc2ccc(-n3ccnc3)cc2)n1. The number of nitrogens with one attached hydrogen (secondary N) is 1. The van der Waals surface area contributed by atoms with Crippen molar-refractivity contribution >= 4 is 17.4 Å². The molecule has 0 bridgehead atoms. The molecular formula is C15H13N5O. The zero-order chi connectivity index (χ0) is 14.7. The molecule has 0 fully saturated rings. The van der Waals surface area contributed by atoms with Gasteiger partial charge in [0.2, 0.25) is 0 Å². The number of anilines is 2. The molecule has 104 valence electrons. The summed E-state index contributed by atoms with van der Waals surface area (Å²) in [6, 6.07) is 12.9. The summed E-state index contributed by atoms with van der Waals surface area (Å²) < 4.78 is 1.91. The van der Waals surface area contributed by atoms with Crippen LogP contribution in [0, 0.1) is 0 Å². The van der Waals surface area contributed by atoms with Crippen LogP contribution >= 0.6 is 0 Å². The Morgan fingerprint density at radius 2 is 1.95 bits per heavy atom. The van der Waals surface area contributed by atoms with Crippen LogP contribution in [-0.4, -0.2) is 20.4 Å². The van der Waals surface area contributed by atoms with Crippen molar-refractivity contribution in [3.8, 4) is 5.69 Å². The Kier molecular flexibility index (Phi) is 3.34. The van der Waals surface area contributed by atoms with Gasteiger partial charge in [0.1, 0.15) is 11.5 Å². The highest BCUT2D eigenvalue weighted by molar-refractivity contribution is 5.91. The lowest BCUT2D eigenvalue weighted by molar-refractivity contribution is 0.0995. The van der Waals surface area contributed by atoms with E-state index in [0.717, 1.165) is 11.4 Å². The number of aromatic nitrogens is 3. The second-order valence-corrected chi connectivity index (χ2v) is 4.41. The Labute approximate surface area is 121 Å². The first kappa shape index (κ1) is 12.9. The van der Waals surface area contributed by atoms with E-state index in [2.05, 4.69) is 15.3 Å². The molecule has 0 atom stereocenters. The van der Waals surface area contributed by atoms with Gasteiger partial charge in [0.25, 0.3) is 5.91 Å². The molecular weight excluding hydrogens is 266 g/mol. The summed E-state index contributed by atoms with van der Waals surface area (Å²) in [7, 11) is 0. The van der Waals surface area contributed by atoms with Crippen molar-refractivity contribution in [3.05, 3.63) is 66.9 Å². The standard InChI is InChI=1S/C15H13N5O/c16-15(21)13-2-1-3-14(19-13)18-11-4-6-12(7-5-11)20-9-8-17-10-20/h1-10H,(H2,16,21)(H,18,19). The predicted molar refractivity (Wildman–Crippen MR) is 79.6 cm³/mol. The van der Waals surface area contributed by atoms with Gasteiger partial charge in [0.05, 0.1) is 6.33 Å². The van der Waals surface area contributed by atoms with E-state index >= 15 is 0 Å². The lowest BCUT2D eigenvalue weighted by atomic mass is 10.2. The number of pyridine rings is 1. The summed E-state index contributed by atoms with van der Waals surface area (Å²) in [5, 5.41) is 3.13. The zero-order valence-corrected chi connectivity index (χ0v) is 11.1. The molecule has 0 spiro atoms. The monoisotopic (exact) mass is 279 g/mol. The molecule has 3 rings (SSSR count). The Bertz CT molecular complexity index is 750. The number of amides is 1. The highest BCUT2D eigenvalue weighted by atomic mass is 16.1. The molecule has 21 heavy (non-hydrogen) atoms. The summed E-state index contributed by atoms with van der Waals surface area (Å²) in [6.45, 7) is 0. The third kappa shape index (κ3) is 2.89. The van der Waals surface area contributed by atoms with Crippen LogP contribution in [0.25, 0.3) is 5.69 Å². The second kappa shape index (κ2) is 5.46. The summed E-state index contributed by atoms with van der Waals surface area (Å²) >= 11 is 0. The van der Waals surface area contributed by atoms with Gasteiger partial charge in [0.15, 0.2) is 0 Å². The molecule has 3 aromatic rings. The third-order valence-corrected chi connectivity index (χ3v) is 2.94. The van der Waals surface area contributed by atoms with Crippen LogP contribution in [0.2, 0.25) is 0 Å². The summed E-state index contributed by atoms with van der Waals surface area (Å²) in [5.74, 6) is 0.0239. The van der Waals surface area contributed by atoms with Crippen molar-refractivity contribution in [1.82, 2.24) is 14.5 Å². The molecule has 0 saturated carbocycles. The predicted octanol–water partition coefficient (Wildman–Crippen LogP) is 2.11. The molecule has 6 nitrogen and oxygen atoms in total. The minimum Gasteiger partial charge on any atom is -0.364 e. The molecule has 2 heterocycles. The molecule has 2 aromatic heterocycles. The Balaban J connectivity index is 1.79. The normalized spacial score (nSPS) is 10.3. The van der Waals surface area contributed by atoms with E-state index in [1.165, 1.54) is 0 Å². The van der Waals surface area contributed by atoms with E-state index in [4.69, 9.17) is 5.73 Å². The lowest BCUT2D eigenvalue weighted by Crippen LogP contribution is -2.13. The number of hydrogen-bond donors (Lipinski definition) is 2. The van der Waals surface area contributed by atoms with Gasteiger partial charge in [-0.1, -0.05) is 6.07 Å². The number of imidazole rings is 1. The average molecular weight is 279 g/mol. The quantitative estimate of drug-likeness (QED) is 0.766. The average Bonchev–Trinajstić information content (AvgIpc) is 3.02. The molecule has 0 unspecified atom stereocenters. The van der Waals surface area contributed by atoms with Crippen LogP contribution in [0.4, 0.5) is 11.5 Å². The first-order valence-corrected chi connectivity index (χ1v) is 6.35. The number of primary amides is 1. The first-order valence-electron chi connectivity index (χ1n) is 6.35. The fourth-order valence-corrected chi connectivity index (χ4v) is 1.92. The van der Waals surface area contributed by atoms with Crippen molar-refractivity contribution in [1.29, 1.82) is 0 Å². The first-order chi connectivity index (χ1) is 10.2. The Morgan fingerprint density at radius 3 is 2.62 bits per heavy atom. The molecule has 0 radical (unpaired) electrons. The molecule has 0 aliphatic heterocycles. The lowest BCUT2D eigenvalue weighted by Gasteiger charge is -2.08. The van der Waals surface area contributed by atoms with Crippen LogP contribution in [0.3, 0.4) is 0 Å². The molecule has 1 amide bonds. The van der Waals surface area contributed by atoms with Gasteiger partial charge >= 0.3 is 0 Å². The van der Waals surface area contributed by atoms with Gasteiger partial charge in [-0.15, -0.1) is 0 Å². The number of hydrogen-bond acceptors (Lipinski definition) is 4. The maximum absolute atomic E-state index is 11.1. The molecule has 0 aliphatic carbocycles. The maximum atomic E-state index is 11.1. The van der Waals surface area contributed by atoms with Gasteiger partial charge in [-0.2, -0.15) is 0 Å². The second-order valence-electron chi connectivity index (χ2n) is 4.41. The third-order valence-electron chi connectivity index (χ3n) is 2.94. The van der Waals surface area contributed by atoms with E-state index in [-0.39, 0.29) is 5.69 Å². The fraction of sp³-hybridized carbons (Fsp3) is 0. The van der Waals surface area contributed by atoms with Crippen LogP contribution in [0.15, 0.2) is 61.2 Å². The minimum absolute atomic E-state index is 0.232. The molecule has 3 N–H and O–H groups in total. The van der Waals surface area contributed by atoms with Gasteiger partial charge in [-0.25, -0.2) is 9.97 Å². The van der Waals surface area contributed by atoms with Crippen molar-refractivity contribution in [3.63, 3.8) is 0 Å². The van der Waals surface area contributed by atoms with Crippen molar-refractivity contribution in [2.45, 2.75) is 0 Å². The molecule has 1 aromatic carbocycles. The minimum atomic E-state index is -0.547. The van der Waals surface area contributed by atoms with Gasteiger partial charge < -0.3 is 15.6 Å². The number of rotatable bonds is 4. The van der Waals surface area contributed by atoms with Gasteiger partial charge in [-0.05, 0) is 36.4 Å². The van der Waals surface area contributed by atoms with E-state index in [1.807, 2.05) is 35.0 Å². The fourth-order valence-electron chi connectivity index (χ4n) is 1.92. The highest BCUT2D eigenvalue weighted by Gasteiger charge is 2.03. The summed E-state index contributed by atoms with van der Waals surface area (Å²) in [5.41, 5.74) is 7.32. The van der Waals surface area contributed by atoms with Crippen LogP contribution in [0.5, 0.6) is 0 Å². The maximum Gasteiger partial charge on any atom is 0.267 e. The van der Waals surface area contributed by atoms with E-state index in [1.54, 1.807) is 30.7 Å².